The molecule has 0 N–H and O–H groups in total. The molecule has 0 saturated heterocycles. The van der Waals surface area contributed by atoms with Gasteiger partial charge >= 0.3 is 11.8 Å². The van der Waals surface area contributed by atoms with Gasteiger partial charge in [0.05, 0.1) is 45.0 Å². The summed E-state index contributed by atoms with van der Waals surface area (Å²) >= 11 is 0. The van der Waals surface area contributed by atoms with E-state index in [2.05, 4.69) is 0 Å². The van der Waals surface area contributed by atoms with Crippen LogP contribution in [-0.4, -0.2) is 136 Å². The average molecular weight is 1120 g/mol. The molecule has 0 aromatic heterocycles. The molecule has 4 atom stereocenters. The van der Waals surface area contributed by atoms with Crippen molar-refractivity contribution in [1.82, 2.24) is 0 Å². The summed E-state index contributed by atoms with van der Waals surface area (Å²) in [6.45, 7) is 11.6. The lowest BCUT2D eigenvalue weighted by molar-refractivity contribution is -0.456. The van der Waals surface area contributed by atoms with Gasteiger partial charge in [-0.05, 0) is 73.6 Å². The van der Waals surface area contributed by atoms with Crippen molar-refractivity contribution in [2.45, 2.75) is 180 Å². The van der Waals surface area contributed by atoms with E-state index < -0.39 is 175 Å². The molecule has 0 heterocycles. The predicted octanol–water partition coefficient (Wildman–Crippen LogP) is 3.42. The van der Waals surface area contributed by atoms with E-state index in [-0.39, 0.29) is 31.9 Å². The molecule has 24 nitrogen and oxygen atoms in total. The molecule has 0 aliphatic carbocycles. The second kappa shape index (κ2) is 25.1. The number of unbranched alkanes of at least 4 members (excludes halogenated alkanes) is 6. The normalized spacial score (nSPS) is 17.5. The van der Waals surface area contributed by atoms with Crippen molar-refractivity contribution in [3.05, 3.63) is 0 Å². The molecule has 0 aromatic rings. The first kappa shape index (κ1) is 65.3. The zero-order valence-corrected chi connectivity index (χ0v) is 46.1. The maximum atomic E-state index is 14.6. The number of hydrogen-bond donors (Lipinski definition) is 0. The van der Waals surface area contributed by atoms with Gasteiger partial charge in [0.1, 0.15) is 6.10 Å². The van der Waals surface area contributed by atoms with Gasteiger partial charge in [-0.25, -0.2) is 29.3 Å². The highest BCUT2D eigenvalue weighted by atomic mass is 32.3. The average Bonchev–Trinajstić information content (AvgIpc) is 3.12. The third-order valence-electron chi connectivity index (χ3n) is 8.75. The first-order chi connectivity index (χ1) is 29.6. The third-order valence-corrected chi connectivity index (χ3v) is 19.3. The van der Waals surface area contributed by atoms with Gasteiger partial charge in [0, 0.05) is 0 Å². The van der Waals surface area contributed by atoms with Crippen molar-refractivity contribution in [2.75, 3.05) is 35.0 Å². The Labute approximate surface area is 394 Å². The number of rotatable bonds is 36. The van der Waals surface area contributed by atoms with Gasteiger partial charge in [-0.3, -0.25) is 4.18 Å². The van der Waals surface area contributed by atoms with E-state index in [0.717, 1.165) is 55.4 Å². The van der Waals surface area contributed by atoms with E-state index in [4.69, 9.17) is 33.5 Å². The van der Waals surface area contributed by atoms with E-state index in [1.54, 1.807) is 13.8 Å². The van der Waals surface area contributed by atoms with Crippen LogP contribution in [-0.2, 0) is 114 Å². The molecule has 0 bridgehead atoms. The van der Waals surface area contributed by atoms with Crippen LogP contribution in [0.25, 0.3) is 0 Å². The predicted molar refractivity (Wildman–Crippen MR) is 242 cm³/mol. The summed E-state index contributed by atoms with van der Waals surface area (Å²) in [5, 5.41) is -2.02. The summed E-state index contributed by atoms with van der Waals surface area (Å²) in [4.78, 5) is 0. The van der Waals surface area contributed by atoms with E-state index >= 15 is 0 Å². The SMILES string of the molecule is CCCCCCS(=O)(=O)OC(OS(=O)(=O)CCCCC)(OS(=O)(=O)C(C)(C)C)C(OS(=O)(=O)CCC)(OS(=O)(=O)CCCC)C(OS(=O)(=O)CC)(OS(=O)(=O)C(C)C)C(CC)OS(C)(=O)=O. The lowest BCUT2D eigenvalue weighted by Gasteiger charge is -2.53. The van der Waals surface area contributed by atoms with Gasteiger partial charge in [-0.15, -0.1) is 0 Å². The second-order valence-electron chi connectivity index (χ2n) is 16.2. The van der Waals surface area contributed by atoms with Gasteiger partial charge in [-0.2, -0.15) is 67.3 Å². The third kappa shape index (κ3) is 19.5. The van der Waals surface area contributed by atoms with Crippen LogP contribution in [0.2, 0.25) is 0 Å². The summed E-state index contributed by atoms with van der Waals surface area (Å²) in [7, 11) is -46.7. The molecule has 66 heavy (non-hydrogen) atoms. The van der Waals surface area contributed by atoms with Crippen LogP contribution >= 0.6 is 0 Å². The van der Waals surface area contributed by atoms with Crippen LogP contribution < -0.4 is 0 Å². The molecular weight excluding hydrogens is 1050 g/mol. The first-order valence-electron chi connectivity index (χ1n) is 21.1. The van der Waals surface area contributed by atoms with Gasteiger partial charge in [-0.1, -0.05) is 73.1 Å². The molecule has 0 aliphatic heterocycles. The van der Waals surface area contributed by atoms with E-state index in [1.807, 2.05) is 0 Å². The molecule has 0 saturated carbocycles. The topological polar surface area (TPSA) is 347 Å². The maximum Gasteiger partial charge on any atom is 0.391 e. The lowest BCUT2D eigenvalue weighted by atomic mass is 9.96. The Morgan fingerprint density at radius 3 is 1.23 bits per heavy atom. The largest absolute Gasteiger partial charge is 0.391 e. The summed E-state index contributed by atoms with van der Waals surface area (Å²) in [6, 6.07) is 0. The molecule has 0 amide bonds. The van der Waals surface area contributed by atoms with Crippen molar-refractivity contribution in [2.24, 2.45) is 0 Å². The first-order valence-corrected chi connectivity index (χ1v) is 33.6. The highest BCUT2D eigenvalue weighted by Crippen LogP contribution is 2.54. The molecule has 0 fully saturated rings. The molecule has 0 aromatic carbocycles. The highest BCUT2D eigenvalue weighted by Gasteiger charge is 2.84. The molecular formula is C34H70O24S8. The smallest absolute Gasteiger partial charge is 0.261 e. The van der Waals surface area contributed by atoms with Crippen LogP contribution in [0, 0.1) is 0 Å². The van der Waals surface area contributed by atoms with Gasteiger partial charge < -0.3 is 0 Å². The fraction of sp³-hybridized carbons (Fsp3) is 1.00. The van der Waals surface area contributed by atoms with Crippen molar-refractivity contribution >= 4 is 80.9 Å². The Morgan fingerprint density at radius 1 is 0.439 bits per heavy atom. The molecule has 4 unspecified atom stereocenters. The van der Waals surface area contributed by atoms with Crippen molar-refractivity contribution in [3.8, 4) is 0 Å². The molecule has 0 spiro atoms. The van der Waals surface area contributed by atoms with Crippen LogP contribution in [0.4, 0.5) is 0 Å². The fourth-order valence-electron chi connectivity index (χ4n) is 5.16. The van der Waals surface area contributed by atoms with Gasteiger partial charge in [0.25, 0.3) is 86.7 Å². The fourth-order valence-corrected chi connectivity index (χ4v) is 13.1. The summed E-state index contributed by atoms with van der Waals surface area (Å²) < 4.78 is 268. The summed E-state index contributed by atoms with van der Waals surface area (Å²) in [5.74, 6) is -22.8. The zero-order valence-electron chi connectivity index (χ0n) is 39.5. The summed E-state index contributed by atoms with van der Waals surface area (Å²) in [5.41, 5.74) is 0. The molecule has 398 valence electrons. The summed E-state index contributed by atoms with van der Waals surface area (Å²) in [6.07, 6.45) is -5.16. The van der Waals surface area contributed by atoms with Crippen LogP contribution in [0.15, 0.2) is 0 Å². The lowest BCUT2D eigenvalue weighted by Crippen LogP contribution is -2.80. The van der Waals surface area contributed by atoms with E-state index in [1.165, 1.54) is 6.92 Å². The quantitative estimate of drug-likeness (QED) is 0.0493. The Hall–Kier alpha value is -0.720. The van der Waals surface area contributed by atoms with Crippen molar-refractivity contribution in [3.63, 3.8) is 0 Å². The molecule has 32 heteroatoms. The Bertz CT molecular complexity index is 2460. The second-order valence-corrected chi connectivity index (χ2v) is 30.9. The Balaban J connectivity index is 11.0. The minimum atomic E-state index is -6.01. The molecule has 0 rings (SSSR count). The van der Waals surface area contributed by atoms with E-state index in [9.17, 15) is 67.3 Å². The maximum absolute atomic E-state index is 14.6. The number of hydrogen-bond acceptors (Lipinski definition) is 24. The highest BCUT2D eigenvalue weighted by molar-refractivity contribution is 7.89. The zero-order chi connectivity index (χ0) is 52.1. The van der Waals surface area contributed by atoms with Gasteiger partial charge in [0.15, 0.2) is 0 Å². The van der Waals surface area contributed by atoms with Gasteiger partial charge in [0.2, 0.25) is 0 Å². The van der Waals surface area contributed by atoms with Crippen molar-refractivity contribution < 1.29 is 101 Å². The molecule has 0 aliphatic rings. The monoisotopic (exact) mass is 1120 g/mol. The van der Waals surface area contributed by atoms with Crippen LogP contribution in [0.5, 0.6) is 0 Å². The van der Waals surface area contributed by atoms with Crippen molar-refractivity contribution in [1.29, 1.82) is 0 Å². The Kier molecular flexibility index (Phi) is 24.8. The molecule has 0 radical (unpaired) electrons. The standard InChI is InChI=1S/C34H70O24S8/c1-13-19-22-24-28-64(45,46)57-34(58-66(49,50)31(9,10)11,56-63(43,44)27-23-20-14-2)33(54-61(39,40)25-16-4,55-62(41,42)26-21-15-3)32(52-60(37,38)18-6,53-65(47,48)29(7)8)30(17-5)51-59(12,35)36/h29-30H,13-28H2,1-12H3. The minimum Gasteiger partial charge on any atom is -0.261 e. The van der Waals surface area contributed by atoms with Crippen LogP contribution in [0.3, 0.4) is 0 Å². The van der Waals surface area contributed by atoms with Crippen LogP contribution in [0.1, 0.15) is 147 Å². The minimum absolute atomic E-state index is 0.0272. The van der Waals surface area contributed by atoms with E-state index in [0.29, 0.717) is 12.8 Å². The Morgan fingerprint density at radius 2 is 0.848 bits per heavy atom.